The third kappa shape index (κ3) is 9.57. The predicted molar refractivity (Wildman–Crippen MR) is 91.6 cm³/mol. The molecule has 2 amide bonds. The summed E-state index contributed by atoms with van der Waals surface area (Å²) < 4.78 is 0. The summed E-state index contributed by atoms with van der Waals surface area (Å²) in [6.07, 6.45) is 1.29. The van der Waals surface area contributed by atoms with Gasteiger partial charge in [-0.2, -0.15) is 0 Å². The Balaban J connectivity index is 2.08. The van der Waals surface area contributed by atoms with E-state index in [4.69, 9.17) is 5.11 Å². The quantitative estimate of drug-likeness (QED) is 0.567. The molecule has 3 N–H and O–H groups in total. The van der Waals surface area contributed by atoms with E-state index in [1.165, 1.54) is 11.8 Å². The summed E-state index contributed by atoms with van der Waals surface area (Å²) in [5.41, 5.74) is 1.86. The van der Waals surface area contributed by atoms with E-state index < -0.39 is 5.97 Å². The zero-order valence-corrected chi connectivity index (χ0v) is 13.9. The zero-order chi connectivity index (χ0) is 17.1. The highest BCUT2D eigenvalue weighted by Crippen LogP contribution is 2.09. The van der Waals surface area contributed by atoms with Crippen LogP contribution in [0.4, 0.5) is 5.69 Å². The van der Waals surface area contributed by atoms with Crippen LogP contribution in [0.2, 0.25) is 0 Å². The molecule has 0 saturated carbocycles. The van der Waals surface area contributed by atoms with Gasteiger partial charge in [-0.1, -0.05) is 17.7 Å². The predicted octanol–water partition coefficient (Wildman–Crippen LogP) is 2.04. The summed E-state index contributed by atoms with van der Waals surface area (Å²) in [6.45, 7) is 2.43. The van der Waals surface area contributed by atoms with Crippen LogP contribution < -0.4 is 10.6 Å². The number of amides is 2. The molecule has 0 unspecified atom stereocenters. The number of aliphatic carboxylic acids is 1. The number of aryl methyl sites for hydroxylation is 1. The molecule has 0 heterocycles. The van der Waals surface area contributed by atoms with E-state index in [-0.39, 0.29) is 29.7 Å². The smallest absolute Gasteiger partial charge is 0.303 e. The first-order valence-corrected chi connectivity index (χ1v) is 8.55. The molecule has 126 valence electrons. The fraction of sp³-hybridized carbons (Fsp3) is 0.438. The molecule has 23 heavy (non-hydrogen) atoms. The monoisotopic (exact) mass is 338 g/mol. The number of hydrogen-bond acceptors (Lipinski definition) is 4. The number of hydrogen-bond donors (Lipinski definition) is 3. The Hall–Kier alpha value is -2.02. The lowest BCUT2D eigenvalue weighted by Gasteiger charge is -2.06. The molecular formula is C16H22N2O4S. The third-order valence-corrected chi connectivity index (χ3v) is 3.87. The molecule has 0 atom stereocenters. The van der Waals surface area contributed by atoms with E-state index >= 15 is 0 Å². The summed E-state index contributed by atoms with van der Waals surface area (Å²) in [4.78, 5) is 33.6. The average Bonchev–Trinajstić information content (AvgIpc) is 2.49. The van der Waals surface area contributed by atoms with Crippen molar-refractivity contribution in [2.75, 3.05) is 23.4 Å². The van der Waals surface area contributed by atoms with E-state index in [0.29, 0.717) is 19.4 Å². The second-order valence-corrected chi connectivity index (χ2v) is 6.09. The lowest BCUT2D eigenvalue weighted by Crippen LogP contribution is -2.27. The van der Waals surface area contributed by atoms with Crippen molar-refractivity contribution in [3.05, 3.63) is 29.8 Å². The van der Waals surface area contributed by atoms with Crippen molar-refractivity contribution < 1.29 is 19.5 Å². The topological polar surface area (TPSA) is 95.5 Å². The molecule has 1 rings (SSSR count). The van der Waals surface area contributed by atoms with E-state index in [0.717, 1.165) is 11.3 Å². The minimum atomic E-state index is -0.827. The number of thioether (sulfide) groups is 1. The van der Waals surface area contributed by atoms with Gasteiger partial charge in [0.05, 0.1) is 11.5 Å². The number of rotatable bonds is 10. The van der Waals surface area contributed by atoms with Gasteiger partial charge in [-0.3, -0.25) is 14.4 Å². The van der Waals surface area contributed by atoms with Gasteiger partial charge < -0.3 is 15.7 Å². The van der Waals surface area contributed by atoms with Gasteiger partial charge in [0, 0.05) is 18.7 Å². The molecule has 0 aliphatic rings. The fourth-order valence-electron chi connectivity index (χ4n) is 1.75. The molecule has 1 aromatic carbocycles. The highest BCUT2D eigenvalue weighted by Gasteiger charge is 2.06. The van der Waals surface area contributed by atoms with Crippen LogP contribution in [0.15, 0.2) is 24.3 Å². The molecule has 0 aliphatic heterocycles. The minimum absolute atomic E-state index is 0.115. The molecule has 0 bridgehead atoms. The molecule has 0 radical (unpaired) electrons. The number of anilines is 1. The summed E-state index contributed by atoms with van der Waals surface area (Å²) in [7, 11) is 0. The number of nitrogens with one attached hydrogen (secondary N) is 2. The molecule has 0 aliphatic carbocycles. The largest absolute Gasteiger partial charge is 0.481 e. The molecule has 0 fully saturated rings. The molecule has 0 aromatic heterocycles. The van der Waals surface area contributed by atoms with Crippen LogP contribution in [-0.2, 0) is 14.4 Å². The minimum Gasteiger partial charge on any atom is -0.481 e. The SMILES string of the molecule is Cc1ccc(NC(=O)CSCC(=O)NCCCCC(=O)O)cc1. The third-order valence-electron chi connectivity index (χ3n) is 2.94. The van der Waals surface area contributed by atoms with Crippen molar-refractivity contribution >= 4 is 35.2 Å². The van der Waals surface area contributed by atoms with Crippen LogP contribution in [0.25, 0.3) is 0 Å². The highest BCUT2D eigenvalue weighted by molar-refractivity contribution is 8.00. The molecular weight excluding hydrogens is 316 g/mol. The van der Waals surface area contributed by atoms with E-state index in [1.807, 2.05) is 31.2 Å². The van der Waals surface area contributed by atoms with E-state index in [9.17, 15) is 14.4 Å². The Kier molecular flexibility index (Phi) is 8.82. The number of benzene rings is 1. The number of unbranched alkanes of at least 4 members (excludes halogenated alkanes) is 1. The van der Waals surface area contributed by atoms with Crippen LogP contribution in [-0.4, -0.2) is 40.9 Å². The van der Waals surface area contributed by atoms with Gasteiger partial charge in [-0.05, 0) is 31.9 Å². The molecule has 0 saturated heterocycles. The summed E-state index contributed by atoms with van der Waals surface area (Å²) >= 11 is 1.24. The Bertz CT molecular complexity index is 531. The number of carboxylic acid groups (broad SMARTS) is 1. The zero-order valence-electron chi connectivity index (χ0n) is 13.1. The Morgan fingerprint density at radius 2 is 1.70 bits per heavy atom. The molecule has 7 heteroatoms. The van der Waals surface area contributed by atoms with Gasteiger partial charge in [-0.25, -0.2) is 0 Å². The van der Waals surface area contributed by atoms with E-state index in [2.05, 4.69) is 10.6 Å². The van der Waals surface area contributed by atoms with Gasteiger partial charge in [0.1, 0.15) is 0 Å². The summed E-state index contributed by atoms with van der Waals surface area (Å²) in [5.74, 6) is -0.700. The van der Waals surface area contributed by atoms with Crippen molar-refractivity contribution in [3.8, 4) is 0 Å². The first kappa shape index (κ1) is 19.0. The Labute approximate surface area is 140 Å². The van der Waals surface area contributed by atoms with Gasteiger partial charge in [0.15, 0.2) is 0 Å². The van der Waals surface area contributed by atoms with Gasteiger partial charge in [-0.15, -0.1) is 11.8 Å². The van der Waals surface area contributed by atoms with Crippen molar-refractivity contribution in [2.24, 2.45) is 0 Å². The lowest BCUT2D eigenvalue weighted by molar-refractivity contribution is -0.137. The van der Waals surface area contributed by atoms with Gasteiger partial charge in [0.2, 0.25) is 11.8 Å². The molecule has 0 spiro atoms. The lowest BCUT2D eigenvalue weighted by atomic mass is 10.2. The fourth-order valence-corrected chi connectivity index (χ4v) is 2.40. The maximum absolute atomic E-state index is 11.7. The van der Waals surface area contributed by atoms with E-state index in [1.54, 1.807) is 0 Å². The van der Waals surface area contributed by atoms with Gasteiger partial charge >= 0.3 is 5.97 Å². The second kappa shape index (κ2) is 10.7. The first-order valence-electron chi connectivity index (χ1n) is 7.40. The maximum Gasteiger partial charge on any atom is 0.303 e. The number of carbonyl (C=O) groups is 3. The van der Waals surface area contributed by atoms with Crippen molar-refractivity contribution in [2.45, 2.75) is 26.2 Å². The first-order chi connectivity index (χ1) is 11.0. The number of carbonyl (C=O) groups excluding carboxylic acids is 2. The van der Waals surface area contributed by atoms with Crippen LogP contribution in [0, 0.1) is 6.92 Å². The Morgan fingerprint density at radius 1 is 1.04 bits per heavy atom. The van der Waals surface area contributed by atoms with Crippen LogP contribution >= 0.6 is 11.8 Å². The van der Waals surface area contributed by atoms with Gasteiger partial charge in [0.25, 0.3) is 0 Å². The van der Waals surface area contributed by atoms with Crippen LogP contribution in [0.1, 0.15) is 24.8 Å². The standard InChI is InChI=1S/C16H22N2O4S/c1-12-5-7-13(8-6-12)18-15(20)11-23-10-14(19)17-9-3-2-4-16(21)22/h5-8H,2-4,9-11H2,1H3,(H,17,19)(H,18,20)(H,21,22). The van der Waals surface area contributed by atoms with Crippen molar-refractivity contribution in [1.29, 1.82) is 0 Å². The van der Waals surface area contributed by atoms with Crippen LogP contribution in [0.5, 0.6) is 0 Å². The molecule has 6 nitrogen and oxygen atoms in total. The normalized spacial score (nSPS) is 10.1. The maximum atomic E-state index is 11.7. The second-order valence-electron chi connectivity index (χ2n) is 5.11. The Morgan fingerprint density at radius 3 is 2.35 bits per heavy atom. The van der Waals surface area contributed by atoms with Crippen molar-refractivity contribution in [1.82, 2.24) is 5.32 Å². The summed E-state index contributed by atoms with van der Waals surface area (Å²) in [5, 5.41) is 13.9. The summed E-state index contributed by atoms with van der Waals surface area (Å²) in [6, 6.07) is 7.50. The number of carboxylic acids is 1. The average molecular weight is 338 g/mol. The van der Waals surface area contributed by atoms with Crippen LogP contribution in [0.3, 0.4) is 0 Å². The molecule has 1 aromatic rings. The van der Waals surface area contributed by atoms with Crippen molar-refractivity contribution in [3.63, 3.8) is 0 Å². The highest BCUT2D eigenvalue weighted by atomic mass is 32.2.